The highest BCUT2D eigenvalue weighted by Gasteiger charge is 2.10. The summed E-state index contributed by atoms with van der Waals surface area (Å²) in [6.07, 6.45) is 4.01. The molecule has 1 aromatic carbocycles. The van der Waals surface area contributed by atoms with Gasteiger partial charge in [0.05, 0.1) is 13.2 Å². The van der Waals surface area contributed by atoms with Gasteiger partial charge in [0.2, 0.25) is 5.95 Å². The van der Waals surface area contributed by atoms with Gasteiger partial charge in [-0.3, -0.25) is 4.90 Å². The van der Waals surface area contributed by atoms with E-state index in [0.717, 1.165) is 49.7 Å². The Bertz CT molecular complexity index is 765. The Morgan fingerprint density at radius 3 is 3.00 bits per heavy atom. The molecule has 1 N–H and O–H groups in total. The third-order valence-electron chi connectivity index (χ3n) is 4.19. The van der Waals surface area contributed by atoms with Crippen LogP contribution in [0.4, 0.5) is 5.95 Å². The molecule has 0 atom stereocenters. The second kappa shape index (κ2) is 10.8. The molecule has 5 nitrogen and oxygen atoms in total. The van der Waals surface area contributed by atoms with Gasteiger partial charge in [-0.1, -0.05) is 51.5 Å². The summed E-state index contributed by atoms with van der Waals surface area (Å²) in [6, 6.07) is 10.4. The van der Waals surface area contributed by atoms with E-state index in [9.17, 15) is 0 Å². The maximum atomic E-state index is 5.39. The number of hydrogen-bond acceptors (Lipinski definition) is 6. The SMILES string of the molecule is CC(=CCNc1nccc(Sc2cccc(CBr)c2)n1)CN1CCOCC1. The van der Waals surface area contributed by atoms with Gasteiger partial charge in [0.15, 0.2) is 0 Å². The number of alkyl halides is 1. The molecule has 0 saturated carbocycles. The highest BCUT2D eigenvalue weighted by atomic mass is 79.9. The normalized spacial score (nSPS) is 15.7. The van der Waals surface area contributed by atoms with Gasteiger partial charge in [0, 0.05) is 42.6 Å². The van der Waals surface area contributed by atoms with Crippen molar-refractivity contribution in [3.8, 4) is 0 Å². The van der Waals surface area contributed by atoms with Crippen LogP contribution in [0.1, 0.15) is 12.5 Å². The van der Waals surface area contributed by atoms with E-state index in [-0.39, 0.29) is 0 Å². The summed E-state index contributed by atoms with van der Waals surface area (Å²) in [4.78, 5) is 12.5. The van der Waals surface area contributed by atoms with Crippen molar-refractivity contribution in [2.75, 3.05) is 44.7 Å². The Labute approximate surface area is 173 Å². The Balaban J connectivity index is 1.51. The largest absolute Gasteiger partial charge is 0.379 e. The van der Waals surface area contributed by atoms with E-state index >= 15 is 0 Å². The summed E-state index contributed by atoms with van der Waals surface area (Å²) in [5.74, 6) is 0.659. The van der Waals surface area contributed by atoms with Crippen LogP contribution in [0.5, 0.6) is 0 Å². The van der Waals surface area contributed by atoms with Crippen LogP contribution >= 0.6 is 27.7 Å². The molecule has 7 heteroatoms. The predicted molar refractivity (Wildman–Crippen MR) is 115 cm³/mol. The van der Waals surface area contributed by atoms with Gasteiger partial charge in [-0.05, 0) is 30.7 Å². The number of anilines is 1. The molecule has 3 rings (SSSR count). The standard InChI is InChI=1S/C20H25BrN4OS/c1-16(15-25-9-11-26-12-10-25)5-7-22-20-23-8-6-19(24-20)27-18-4-2-3-17(13-18)14-21/h2-6,8,13H,7,9-12,14-15H2,1H3,(H,22,23,24). The Kier molecular flexibility index (Phi) is 8.13. The van der Waals surface area contributed by atoms with Crippen molar-refractivity contribution in [3.05, 3.63) is 53.7 Å². The molecule has 0 aliphatic carbocycles. The lowest BCUT2D eigenvalue weighted by molar-refractivity contribution is 0.0423. The number of aromatic nitrogens is 2. The van der Waals surface area contributed by atoms with Crippen molar-refractivity contribution >= 4 is 33.6 Å². The number of nitrogens with zero attached hydrogens (tertiary/aromatic N) is 3. The lowest BCUT2D eigenvalue weighted by Gasteiger charge is -2.26. The van der Waals surface area contributed by atoms with E-state index in [0.29, 0.717) is 5.95 Å². The Morgan fingerprint density at radius 1 is 1.33 bits per heavy atom. The minimum Gasteiger partial charge on any atom is -0.379 e. The van der Waals surface area contributed by atoms with Crippen LogP contribution in [0.25, 0.3) is 0 Å². The number of nitrogens with one attached hydrogen (secondary N) is 1. The lowest BCUT2D eigenvalue weighted by atomic mass is 10.2. The smallest absolute Gasteiger partial charge is 0.223 e. The minimum atomic E-state index is 0.659. The van der Waals surface area contributed by atoms with Crippen molar-refractivity contribution in [2.45, 2.75) is 22.2 Å². The average molecular weight is 449 g/mol. The number of halogens is 1. The maximum absolute atomic E-state index is 5.39. The number of benzene rings is 1. The number of hydrogen-bond donors (Lipinski definition) is 1. The molecule has 27 heavy (non-hydrogen) atoms. The molecule has 0 spiro atoms. The summed E-state index contributed by atoms with van der Waals surface area (Å²) >= 11 is 5.15. The van der Waals surface area contributed by atoms with E-state index in [2.05, 4.69) is 73.4 Å². The zero-order valence-electron chi connectivity index (χ0n) is 15.5. The molecule has 1 aromatic heterocycles. The molecular weight excluding hydrogens is 424 g/mol. The lowest BCUT2D eigenvalue weighted by Crippen LogP contribution is -2.37. The van der Waals surface area contributed by atoms with Crippen LogP contribution in [-0.2, 0) is 10.1 Å². The molecule has 2 heterocycles. The van der Waals surface area contributed by atoms with Gasteiger partial charge >= 0.3 is 0 Å². The zero-order chi connectivity index (χ0) is 18.9. The number of morpholine rings is 1. The van der Waals surface area contributed by atoms with Gasteiger partial charge in [-0.25, -0.2) is 9.97 Å². The Hall–Kier alpha value is -1.41. The van der Waals surface area contributed by atoms with Crippen molar-refractivity contribution in [1.29, 1.82) is 0 Å². The third kappa shape index (κ3) is 6.92. The van der Waals surface area contributed by atoms with Crippen molar-refractivity contribution in [1.82, 2.24) is 14.9 Å². The van der Waals surface area contributed by atoms with Crippen LogP contribution in [-0.4, -0.2) is 54.3 Å². The molecule has 1 aliphatic heterocycles. The van der Waals surface area contributed by atoms with Crippen LogP contribution in [0.2, 0.25) is 0 Å². The minimum absolute atomic E-state index is 0.659. The first-order valence-electron chi connectivity index (χ1n) is 9.08. The van der Waals surface area contributed by atoms with Crippen molar-refractivity contribution in [2.24, 2.45) is 0 Å². The summed E-state index contributed by atoms with van der Waals surface area (Å²) < 4.78 is 5.39. The van der Waals surface area contributed by atoms with Crippen LogP contribution in [0.3, 0.4) is 0 Å². The topological polar surface area (TPSA) is 50.3 Å². The molecule has 0 unspecified atom stereocenters. The summed E-state index contributed by atoms with van der Waals surface area (Å²) in [5, 5.41) is 5.09. The molecule has 1 saturated heterocycles. The number of rotatable bonds is 8. The molecule has 1 fully saturated rings. The second-order valence-electron chi connectivity index (χ2n) is 6.42. The van der Waals surface area contributed by atoms with Crippen molar-refractivity contribution in [3.63, 3.8) is 0 Å². The maximum Gasteiger partial charge on any atom is 0.223 e. The molecule has 2 aromatic rings. The molecule has 0 amide bonds. The third-order valence-corrected chi connectivity index (χ3v) is 5.77. The highest BCUT2D eigenvalue weighted by Crippen LogP contribution is 2.27. The fourth-order valence-electron chi connectivity index (χ4n) is 2.79. The Morgan fingerprint density at radius 2 is 2.19 bits per heavy atom. The molecule has 144 valence electrons. The van der Waals surface area contributed by atoms with E-state index in [1.807, 2.05) is 6.07 Å². The fraction of sp³-hybridized carbons (Fsp3) is 0.400. The summed E-state index contributed by atoms with van der Waals surface area (Å²) in [6.45, 7) is 7.58. The second-order valence-corrected chi connectivity index (χ2v) is 8.08. The monoisotopic (exact) mass is 448 g/mol. The summed E-state index contributed by atoms with van der Waals surface area (Å²) in [5.41, 5.74) is 2.61. The van der Waals surface area contributed by atoms with Gasteiger partial charge < -0.3 is 10.1 Å². The quantitative estimate of drug-likeness (QED) is 0.370. The molecule has 1 aliphatic rings. The van der Waals surface area contributed by atoms with E-state index in [1.54, 1.807) is 18.0 Å². The zero-order valence-corrected chi connectivity index (χ0v) is 17.9. The molecule has 0 radical (unpaired) electrons. The number of ether oxygens (including phenoxy) is 1. The first-order chi connectivity index (χ1) is 13.2. The molecule has 0 bridgehead atoms. The predicted octanol–water partition coefficient (Wildman–Crippen LogP) is 4.21. The van der Waals surface area contributed by atoms with Gasteiger partial charge in [-0.15, -0.1) is 0 Å². The van der Waals surface area contributed by atoms with Gasteiger partial charge in [-0.2, -0.15) is 0 Å². The fourth-order valence-corrected chi connectivity index (χ4v) is 4.00. The van der Waals surface area contributed by atoms with Gasteiger partial charge in [0.1, 0.15) is 5.03 Å². The van der Waals surface area contributed by atoms with Crippen LogP contribution in [0.15, 0.2) is 58.1 Å². The van der Waals surface area contributed by atoms with Crippen molar-refractivity contribution < 1.29 is 4.74 Å². The van der Waals surface area contributed by atoms with Gasteiger partial charge in [0.25, 0.3) is 0 Å². The van der Waals surface area contributed by atoms with Crippen LogP contribution in [0, 0.1) is 0 Å². The summed E-state index contributed by atoms with van der Waals surface area (Å²) in [7, 11) is 0. The highest BCUT2D eigenvalue weighted by molar-refractivity contribution is 9.08. The molecular formula is C20H25BrN4OS. The first kappa shape index (κ1) is 20.3. The van der Waals surface area contributed by atoms with Crippen LogP contribution < -0.4 is 5.32 Å². The van der Waals surface area contributed by atoms with E-state index < -0.39 is 0 Å². The first-order valence-corrected chi connectivity index (χ1v) is 11.0. The average Bonchev–Trinajstić information content (AvgIpc) is 2.69. The van der Waals surface area contributed by atoms with E-state index in [1.165, 1.54) is 16.0 Å². The van der Waals surface area contributed by atoms with E-state index in [4.69, 9.17) is 4.74 Å².